The molecule has 0 radical (unpaired) electrons. The van der Waals surface area contributed by atoms with Crippen LogP contribution in [0.5, 0.6) is 5.75 Å². The lowest BCUT2D eigenvalue weighted by Crippen LogP contribution is -2.25. The summed E-state index contributed by atoms with van der Waals surface area (Å²) in [6.07, 6.45) is 2.09. The van der Waals surface area contributed by atoms with E-state index in [2.05, 4.69) is 59.3 Å². The number of benzene rings is 4. The SMILES string of the molecule is CCCN(CCC)c1cc(O)c(N=Nc2ccccc2)c2cc3ccccc3cc12. The molecule has 0 saturated heterocycles. The minimum atomic E-state index is 0.157. The molecule has 0 heterocycles. The van der Waals surface area contributed by atoms with Crippen molar-refractivity contribution in [3.05, 3.63) is 72.8 Å². The Morgan fingerprint density at radius 2 is 1.33 bits per heavy atom. The van der Waals surface area contributed by atoms with Gasteiger partial charge in [-0.05, 0) is 47.9 Å². The highest BCUT2D eigenvalue weighted by Crippen LogP contribution is 2.43. The smallest absolute Gasteiger partial charge is 0.145 e. The van der Waals surface area contributed by atoms with Gasteiger partial charge in [0, 0.05) is 35.6 Å². The van der Waals surface area contributed by atoms with Crippen LogP contribution < -0.4 is 4.90 Å². The van der Waals surface area contributed by atoms with Crippen LogP contribution in [0, 0.1) is 0 Å². The van der Waals surface area contributed by atoms with Crippen LogP contribution in [0.2, 0.25) is 0 Å². The lowest BCUT2D eigenvalue weighted by molar-refractivity contribution is 0.477. The van der Waals surface area contributed by atoms with Gasteiger partial charge in [-0.1, -0.05) is 56.3 Å². The standard InChI is InChI=1S/C26H27N3O/c1-3-14-29(15-4-2)24-18-25(30)26(28-27-21-12-6-5-7-13-21)23-17-20-11-9-8-10-19(20)16-22(23)24/h5-13,16-18,30H,3-4,14-15H2,1-2H3. The molecule has 0 spiro atoms. The Bertz CT molecular complexity index is 1180. The van der Waals surface area contributed by atoms with Crippen molar-refractivity contribution in [3.63, 3.8) is 0 Å². The molecule has 4 aromatic carbocycles. The molecule has 4 nitrogen and oxygen atoms in total. The van der Waals surface area contributed by atoms with Gasteiger partial charge in [0.15, 0.2) is 0 Å². The molecule has 0 aliphatic rings. The summed E-state index contributed by atoms with van der Waals surface area (Å²) in [6, 6.07) is 24.1. The van der Waals surface area contributed by atoms with Crippen molar-refractivity contribution < 1.29 is 5.11 Å². The summed E-state index contributed by atoms with van der Waals surface area (Å²) in [6.45, 7) is 6.26. The zero-order valence-corrected chi connectivity index (χ0v) is 17.5. The summed E-state index contributed by atoms with van der Waals surface area (Å²) in [5.74, 6) is 0.157. The molecule has 0 saturated carbocycles. The van der Waals surface area contributed by atoms with E-state index in [-0.39, 0.29) is 5.75 Å². The molecule has 0 aliphatic heterocycles. The number of fused-ring (bicyclic) bond motifs is 2. The molecule has 0 atom stereocenters. The molecule has 30 heavy (non-hydrogen) atoms. The van der Waals surface area contributed by atoms with Crippen molar-refractivity contribution in [2.75, 3.05) is 18.0 Å². The first-order valence-electron chi connectivity index (χ1n) is 10.6. The highest BCUT2D eigenvalue weighted by Gasteiger charge is 2.17. The molecule has 0 aliphatic carbocycles. The molecular weight excluding hydrogens is 370 g/mol. The average Bonchev–Trinajstić information content (AvgIpc) is 2.77. The van der Waals surface area contributed by atoms with Gasteiger partial charge in [0.05, 0.1) is 5.69 Å². The van der Waals surface area contributed by atoms with Gasteiger partial charge in [0.1, 0.15) is 11.4 Å². The third kappa shape index (κ3) is 3.99. The number of nitrogens with zero attached hydrogens (tertiary/aromatic N) is 3. The van der Waals surface area contributed by atoms with Gasteiger partial charge in [0.25, 0.3) is 0 Å². The highest BCUT2D eigenvalue weighted by molar-refractivity contribution is 6.10. The third-order valence-corrected chi connectivity index (χ3v) is 5.28. The van der Waals surface area contributed by atoms with Crippen molar-refractivity contribution in [1.29, 1.82) is 0 Å². The van der Waals surface area contributed by atoms with Gasteiger partial charge in [0.2, 0.25) is 0 Å². The molecule has 0 fully saturated rings. The molecule has 4 heteroatoms. The molecule has 0 aromatic heterocycles. The number of aromatic hydroxyl groups is 1. The van der Waals surface area contributed by atoms with Crippen LogP contribution in [0.15, 0.2) is 83.0 Å². The van der Waals surface area contributed by atoms with Crippen molar-refractivity contribution in [2.45, 2.75) is 26.7 Å². The largest absolute Gasteiger partial charge is 0.506 e. The van der Waals surface area contributed by atoms with E-state index >= 15 is 0 Å². The van der Waals surface area contributed by atoms with Crippen LogP contribution in [-0.4, -0.2) is 18.2 Å². The topological polar surface area (TPSA) is 48.2 Å². The summed E-state index contributed by atoms with van der Waals surface area (Å²) < 4.78 is 0. The second-order valence-electron chi connectivity index (χ2n) is 7.53. The molecule has 0 bridgehead atoms. The fraction of sp³-hybridized carbons (Fsp3) is 0.231. The predicted molar refractivity (Wildman–Crippen MR) is 127 cm³/mol. The Kier molecular flexibility index (Phi) is 5.94. The first-order valence-corrected chi connectivity index (χ1v) is 10.6. The summed E-state index contributed by atoms with van der Waals surface area (Å²) in [5, 5.41) is 24.1. The molecule has 1 N–H and O–H groups in total. The van der Waals surface area contributed by atoms with E-state index in [9.17, 15) is 5.11 Å². The number of azo groups is 1. The first-order chi connectivity index (χ1) is 14.7. The summed E-state index contributed by atoms with van der Waals surface area (Å²) in [4.78, 5) is 2.36. The molecule has 152 valence electrons. The van der Waals surface area contributed by atoms with Crippen molar-refractivity contribution >= 4 is 38.6 Å². The zero-order chi connectivity index (χ0) is 20.9. The monoisotopic (exact) mass is 397 g/mol. The van der Waals surface area contributed by atoms with Crippen LogP contribution in [-0.2, 0) is 0 Å². The second kappa shape index (κ2) is 8.95. The number of rotatable bonds is 7. The van der Waals surface area contributed by atoms with Crippen molar-refractivity contribution in [3.8, 4) is 5.75 Å². The fourth-order valence-corrected chi connectivity index (χ4v) is 3.92. The van der Waals surface area contributed by atoms with Gasteiger partial charge in [-0.25, -0.2) is 0 Å². The van der Waals surface area contributed by atoms with E-state index in [1.807, 2.05) is 42.5 Å². The minimum absolute atomic E-state index is 0.157. The third-order valence-electron chi connectivity index (χ3n) is 5.28. The van der Waals surface area contributed by atoms with Crippen LogP contribution in [0.3, 0.4) is 0 Å². The maximum atomic E-state index is 10.9. The van der Waals surface area contributed by atoms with Gasteiger partial charge in [-0.15, -0.1) is 5.11 Å². The summed E-state index contributed by atoms with van der Waals surface area (Å²) >= 11 is 0. The quantitative estimate of drug-likeness (QED) is 0.256. The van der Waals surface area contributed by atoms with E-state index in [4.69, 9.17) is 0 Å². The Balaban J connectivity index is 1.96. The maximum Gasteiger partial charge on any atom is 0.145 e. The summed E-state index contributed by atoms with van der Waals surface area (Å²) in [7, 11) is 0. The molecule has 0 unspecified atom stereocenters. The predicted octanol–water partition coefficient (Wildman–Crippen LogP) is 7.74. The van der Waals surface area contributed by atoms with Gasteiger partial charge in [-0.2, -0.15) is 5.11 Å². The zero-order valence-electron chi connectivity index (χ0n) is 17.5. The summed E-state index contributed by atoms with van der Waals surface area (Å²) in [5.41, 5.74) is 2.32. The number of hydrogen-bond donors (Lipinski definition) is 1. The molecule has 4 rings (SSSR count). The van der Waals surface area contributed by atoms with E-state index < -0.39 is 0 Å². The van der Waals surface area contributed by atoms with Crippen molar-refractivity contribution in [2.24, 2.45) is 10.2 Å². The Labute approximate surface area is 177 Å². The Hall–Kier alpha value is -3.40. The lowest BCUT2D eigenvalue weighted by Gasteiger charge is -2.26. The van der Waals surface area contributed by atoms with Crippen LogP contribution in [0.1, 0.15) is 26.7 Å². The molecule has 0 amide bonds. The second-order valence-corrected chi connectivity index (χ2v) is 7.53. The van der Waals surface area contributed by atoms with Gasteiger partial charge >= 0.3 is 0 Å². The maximum absolute atomic E-state index is 10.9. The minimum Gasteiger partial charge on any atom is -0.506 e. The highest BCUT2D eigenvalue weighted by atomic mass is 16.3. The Morgan fingerprint density at radius 3 is 1.97 bits per heavy atom. The van der Waals surface area contributed by atoms with Gasteiger partial charge in [-0.3, -0.25) is 0 Å². The number of hydrogen-bond acceptors (Lipinski definition) is 4. The number of phenolic OH excluding ortho intramolecular Hbond substituents is 1. The molecular formula is C26H27N3O. The lowest BCUT2D eigenvalue weighted by atomic mass is 9.99. The number of phenols is 1. The van der Waals surface area contributed by atoms with E-state index in [1.54, 1.807) is 0 Å². The van der Waals surface area contributed by atoms with Crippen LogP contribution >= 0.6 is 0 Å². The van der Waals surface area contributed by atoms with Crippen molar-refractivity contribution in [1.82, 2.24) is 0 Å². The Morgan fingerprint density at radius 1 is 0.733 bits per heavy atom. The van der Waals surface area contributed by atoms with E-state index in [1.165, 1.54) is 5.39 Å². The van der Waals surface area contributed by atoms with Gasteiger partial charge < -0.3 is 10.0 Å². The average molecular weight is 398 g/mol. The van der Waals surface area contributed by atoms with Crippen LogP contribution in [0.25, 0.3) is 21.5 Å². The molecule has 4 aromatic rings. The fourth-order valence-electron chi connectivity index (χ4n) is 3.92. The van der Waals surface area contributed by atoms with E-state index in [0.29, 0.717) is 5.69 Å². The first kappa shape index (κ1) is 19.9. The normalized spacial score (nSPS) is 11.5. The number of anilines is 1. The van der Waals surface area contributed by atoms with Crippen LogP contribution in [0.4, 0.5) is 17.1 Å². The van der Waals surface area contributed by atoms with E-state index in [0.717, 1.165) is 53.5 Å².